The lowest BCUT2D eigenvalue weighted by atomic mass is 9.99. The lowest BCUT2D eigenvalue weighted by Gasteiger charge is -2.09. The molecule has 1 heterocycles. The number of nitrogens with zero attached hydrogens (tertiary/aromatic N) is 1. The summed E-state index contributed by atoms with van der Waals surface area (Å²) in [4.78, 5) is 3.76. The molecule has 2 aromatic rings. The molecule has 0 saturated heterocycles. The molecular formula is C14H15FN2. The van der Waals surface area contributed by atoms with Crippen LogP contribution in [-0.4, -0.2) is 12.0 Å². The Morgan fingerprint density at radius 2 is 2.06 bits per heavy atom. The minimum atomic E-state index is -0.281. The van der Waals surface area contributed by atoms with Gasteiger partial charge in [-0.1, -0.05) is 18.2 Å². The zero-order valence-electron chi connectivity index (χ0n) is 10.00. The van der Waals surface area contributed by atoms with E-state index in [0.717, 1.165) is 17.7 Å². The van der Waals surface area contributed by atoms with Crippen LogP contribution in [0.1, 0.15) is 11.1 Å². The fourth-order valence-electron chi connectivity index (χ4n) is 1.94. The molecule has 0 aliphatic rings. The Bertz CT molecular complexity index is 523. The molecule has 1 N–H and O–H groups in total. The molecule has 0 unspecified atom stereocenters. The predicted octanol–water partition coefficient (Wildman–Crippen LogP) is 2.92. The maximum Gasteiger partial charge on any atom is 0.149 e. The van der Waals surface area contributed by atoms with Gasteiger partial charge in [-0.15, -0.1) is 0 Å². The van der Waals surface area contributed by atoms with Gasteiger partial charge in [-0.25, -0.2) is 4.39 Å². The first-order valence-corrected chi connectivity index (χ1v) is 5.56. The molecule has 0 saturated carbocycles. The molecule has 2 rings (SSSR count). The first-order valence-electron chi connectivity index (χ1n) is 5.56. The molecule has 0 fully saturated rings. The Balaban J connectivity index is 2.44. The third-order valence-corrected chi connectivity index (χ3v) is 2.73. The van der Waals surface area contributed by atoms with Crippen LogP contribution < -0.4 is 5.32 Å². The molecule has 0 aliphatic heterocycles. The normalized spacial score (nSPS) is 10.5. The van der Waals surface area contributed by atoms with Crippen molar-refractivity contribution in [2.75, 3.05) is 7.05 Å². The van der Waals surface area contributed by atoms with Gasteiger partial charge >= 0.3 is 0 Å². The third kappa shape index (κ3) is 2.50. The van der Waals surface area contributed by atoms with Crippen molar-refractivity contribution in [2.45, 2.75) is 13.5 Å². The summed E-state index contributed by atoms with van der Waals surface area (Å²) < 4.78 is 13.6. The van der Waals surface area contributed by atoms with Crippen molar-refractivity contribution in [3.63, 3.8) is 0 Å². The molecule has 0 aliphatic carbocycles. The molecule has 0 radical (unpaired) electrons. The minimum absolute atomic E-state index is 0.281. The molecule has 3 heteroatoms. The van der Waals surface area contributed by atoms with Gasteiger partial charge in [0, 0.05) is 18.3 Å². The summed E-state index contributed by atoms with van der Waals surface area (Å²) in [5.74, 6) is -0.281. The number of aromatic nitrogens is 1. The van der Waals surface area contributed by atoms with Gasteiger partial charge in [-0.3, -0.25) is 4.98 Å². The summed E-state index contributed by atoms with van der Waals surface area (Å²) in [5, 5.41) is 3.10. The summed E-state index contributed by atoms with van der Waals surface area (Å²) in [6, 6.07) is 7.75. The van der Waals surface area contributed by atoms with E-state index in [4.69, 9.17) is 0 Å². The molecule has 1 aromatic carbocycles. The molecule has 0 amide bonds. The second kappa shape index (κ2) is 5.06. The predicted molar refractivity (Wildman–Crippen MR) is 67.1 cm³/mol. The van der Waals surface area contributed by atoms with Gasteiger partial charge in [0.1, 0.15) is 5.82 Å². The van der Waals surface area contributed by atoms with E-state index in [9.17, 15) is 4.39 Å². The van der Waals surface area contributed by atoms with Gasteiger partial charge < -0.3 is 5.32 Å². The quantitative estimate of drug-likeness (QED) is 0.877. The molecule has 0 spiro atoms. The molecule has 0 bridgehead atoms. The minimum Gasteiger partial charge on any atom is -0.316 e. The van der Waals surface area contributed by atoms with Crippen LogP contribution in [0.2, 0.25) is 0 Å². The second-order valence-corrected chi connectivity index (χ2v) is 4.04. The van der Waals surface area contributed by atoms with E-state index in [0.29, 0.717) is 5.56 Å². The first kappa shape index (κ1) is 11.7. The Labute approximate surface area is 101 Å². The number of hydrogen-bond acceptors (Lipinski definition) is 2. The summed E-state index contributed by atoms with van der Waals surface area (Å²) in [7, 11) is 1.91. The van der Waals surface area contributed by atoms with Crippen LogP contribution in [0, 0.1) is 12.7 Å². The monoisotopic (exact) mass is 230 g/mol. The second-order valence-electron chi connectivity index (χ2n) is 4.04. The topological polar surface area (TPSA) is 24.9 Å². The Kier molecular flexibility index (Phi) is 3.49. The lowest BCUT2D eigenvalue weighted by molar-refractivity contribution is 0.625. The number of pyridine rings is 1. The lowest BCUT2D eigenvalue weighted by Crippen LogP contribution is -2.05. The van der Waals surface area contributed by atoms with Gasteiger partial charge in [0.2, 0.25) is 0 Å². The van der Waals surface area contributed by atoms with Crippen LogP contribution in [0.25, 0.3) is 11.1 Å². The molecule has 88 valence electrons. The van der Waals surface area contributed by atoms with Gasteiger partial charge in [0.05, 0.1) is 6.20 Å². The number of aryl methyl sites for hydroxylation is 1. The van der Waals surface area contributed by atoms with E-state index in [1.54, 1.807) is 12.3 Å². The number of nitrogens with one attached hydrogen (secondary N) is 1. The van der Waals surface area contributed by atoms with Crippen molar-refractivity contribution in [1.82, 2.24) is 10.3 Å². The summed E-state index contributed by atoms with van der Waals surface area (Å²) in [5.41, 5.74) is 3.80. The fraction of sp³-hybridized carbons (Fsp3) is 0.214. The van der Waals surface area contributed by atoms with E-state index in [-0.39, 0.29) is 5.82 Å². The number of halogens is 1. The van der Waals surface area contributed by atoms with Crippen LogP contribution in [0.3, 0.4) is 0 Å². The largest absolute Gasteiger partial charge is 0.316 e. The molecular weight excluding hydrogens is 215 g/mol. The van der Waals surface area contributed by atoms with E-state index >= 15 is 0 Å². The van der Waals surface area contributed by atoms with E-state index in [1.165, 1.54) is 11.8 Å². The van der Waals surface area contributed by atoms with Crippen LogP contribution in [0.4, 0.5) is 4.39 Å². The summed E-state index contributed by atoms with van der Waals surface area (Å²) in [6.45, 7) is 2.81. The molecule has 0 atom stereocenters. The highest BCUT2D eigenvalue weighted by molar-refractivity contribution is 5.67. The Morgan fingerprint density at radius 3 is 2.71 bits per heavy atom. The zero-order chi connectivity index (χ0) is 12.3. The Hall–Kier alpha value is -1.74. The average molecular weight is 230 g/mol. The third-order valence-electron chi connectivity index (χ3n) is 2.73. The van der Waals surface area contributed by atoms with E-state index in [1.807, 2.05) is 26.1 Å². The smallest absolute Gasteiger partial charge is 0.149 e. The van der Waals surface area contributed by atoms with Gasteiger partial charge in [-0.2, -0.15) is 0 Å². The van der Waals surface area contributed by atoms with E-state index < -0.39 is 0 Å². The van der Waals surface area contributed by atoms with Crippen molar-refractivity contribution in [2.24, 2.45) is 0 Å². The highest BCUT2D eigenvalue weighted by atomic mass is 19.1. The van der Waals surface area contributed by atoms with Crippen LogP contribution in [-0.2, 0) is 6.54 Å². The first-order chi connectivity index (χ1) is 8.22. The maximum absolute atomic E-state index is 13.6. The highest BCUT2D eigenvalue weighted by Crippen LogP contribution is 2.26. The average Bonchev–Trinajstić information content (AvgIpc) is 2.31. The van der Waals surface area contributed by atoms with Crippen molar-refractivity contribution in [3.8, 4) is 11.1 Å². The number of benzene rings is 1. The standard InChI is InChI=1S/C14H15FN2/c1-10-7-11(8-16-2)3-4-12(10)13-5-6-17-9-14(13)15/h3-7,9,16H,8H2,1-2H3. The summed E-state index contributed by atoms with van der Waals surface area (Å²) >= 11 is 0. The van der Waals surface area contributed by atoms with E-state index in [2.05, 4.69) is 16.4 Å². The Morgan fingerprint density at radius 1 is 1.24 bits per heavy atom. The number of hydrogen-bond donors (Lipinski definition) is 1. The van der Waals surface area contributed by atoms with Gasteiger partial charge in [-0.05, 0) is 36.7 Å². The molecule has 2 nitrogen and oxygen atoms in total. The van der Waals surface area contributed by atoms with Crippen LogP contribution in [0.15, 0.2) is 36.7 Å². The van der Waals surface area contributed by atoms with Crippen molar-refractivity contribution in [3.05, 3.63) is 53.6 Å². The molecule has 17 heavy (non-hydrogen) atoms. The maximum atomic E-state index is 13.6. The SMILES string of the molecule is CNCc1ccc(-c2ccncc2F)c(C)c1. The zero-order valence-corrected chi connectivity index (χ0v) is 10.00. The van der Waals surface area contributed by atoms with Crippen molar-refractivity contribution in [1.29, 1.82) is 0 Å². The highest BCUT2D eigenvalue weighted by Gasteiger charge is 2.07. The van der Waals surface area contributed by atoms with Crippen molar-refractivity contribution < 1.29 is 4.39 Å². The molecule has 1 aromatic heterocycles. The number of rotatable bonds is 3. The van der Waals surface area contributed by atoms with Crippen molar-refractivity contribution >= 4 is 0 Å². The van der Waals surface area contributed by atoms with Gasteiger partial charge in [0.25, 0.3) is 0 Å². The summed E-state index contributed by atoms with van der Waals surface area (Å²) in [6.07, 6.45) is 2.86. The van der Waals surface area contributed by atoms with Crippen LogP contribution in [0.5, 0.6) is 0 Å². The fourth-order valence-corrected chi connectivity index (χ4v) is 1.94. The van der Waals surface area contributed by atoms with Gasteiger partial charge in [0.15, 0.2) is 0 Å². The van der Waals surface area contributed by atoms with Crippen LogP contribution >= 0.6 is 0 Å².